The minimum Gasteiger partial charge on any atom is -0.475 e. The van der Waals surface area contributed by atoms with Gasteiger partial charge in [-0.25, -0.2) is 4.98 Å². The number of furan rings is 1. The van der Waals surface area contributed by atoms with Gasteiger partial charge >= 0.3 is 0 Å². The molecule has 0 radical (unpaired) electrons. The topological polar surface area (TPSA) is 80.9 Å². The molecule has 0 aliphatic rings. The van der Waals surface area contributed by atoms with E-state index in [1.807, 2.05) is 38.1 Å². The van der Waals surface area contributed by atoms with Gasteiger partial charge < -0.3 is 24.5 Å². The molecule has 2 aromatic rings. The number of pyridine rings is 1. The van der Waals surface area contributed by atoms with Gasteiger partial charge in [-0.3, -0.25) is 4.99 Å². The molecule has 0 saturated heterocycles. The highest BCUT2D eigenvalue weighted by Crippen LogP contribution is 2.09. The van der Waals surface area contributed by atoms with Crippen molar-refractivity contribution in [2.24, 2.45) is 4.99 Å². The van der Waals surface area contributed by atoms with Crippen molar-refractivity contribution in [3.63, 3.8) is 0 Å². The molecule has 8 heteroatoms. The Bertz CT molecular complexity index is 645. The van der Waals surface area contributed by atoms with Crippen LogP contribution < -0.4 is 15.4 Å². The quantitative estimate of drug-likeness (QED) is 0.231. The fraction of sp³-hybridized carbons (Fsp3) is 0.474. The molecule has 0 aliphatic heterocycles. The van der Waals surface area contributed by atoms with Crippen molar-refractivity contribution in [2.75, 3.05) is 20.2 Å². The fourth-order valence-electron chi connectivity index (χ4n) is 2.18. The van der Waals surface area contributed by atoms with Crippen LogP contribution in [0.4, 0.5) is 0 Å². The summed E-state index contributed by atoms with van der Waals surface area (Å²) in [7, 11) is 1.75. The van der Waals surface area contributed by atoms with Crippen LogP contribution in [0.25, 0.3) is 0 Å². The summed E-state index contributed by atoms with van der Waals surface area (Å²) in [6, 6.07) is 7.63. The molecule has 0 atom stereocenters. The maximum atomic E-state index is 5.55. The van der Waals surface area contributed by atoms with E-state index < -0.39 is 0 Å². The van der Waals surface area contributed by atoms with Crippen molar-refractivity contribution in [3.8, 4) is 5.88 Å². The number of nitrogens with one attached hydrogen (secondary N) is 2. The Labute approximate surface area is 178 Å². The zero-order chi connectivity index (χ0) is 18.6. The molecule has 0 aliphatic carbocycles. The minimum atomic E-state index is 0. The van der Waals surface area contributed by atoms with Crippen molar-refractivity contribution in [2.45, 2.75) is 39.5 Å². The average Bonchev–Trinajstić information content (AvgIpc) is 3.14. The predicted molar refractivity (Wildman–Crippen MR) is 117 cm³/mol. The second-order valence-electron chi connectivity index (χ2n) is 6.01. The fourth-order valence-corrected chi connectivity index (χ4v) is 2.18. The van der Waals surface area contributed by atoms with Gasteiger partial charge in [-0.05, 0) is 38.0 Å². The van der Waals surface area contributed by atoms with Crippen molar-refractivity contribution in [1.82, 2.24) is 15.6 Å². The van der Waals surface area contributed by atoms with Gasteiger partial charge in [0.25, 0.3) is 0 Å². The van der Waals surface area contributed by atoms with E-state index in [2.05, 4.69) is 20.6 Å². The maximum absolute atomic E-state index is 5.55. The Kier molecular flexibility index (Phi) is 11.5. The number of guanidine groups is 1. The molecule has 2 rings (SSSR count). The Morgan fingerprint density at radius 1 is 1.26 bits per heavy atom. The number of ether oxygens (including phenoxy) is 2. The van der Waals surface area contributed by atoms with Crippen LogP contribution in [0.15, 0.2) is 46.1 Å². The van der Waals surface area contributed by atoms with E-state index in [-0.39, 0.29) is 30.1 Å². The molecule has 0 aromatic carbocycles. The van der Waals surface area contributed by atoms with Crippen molar-refractivity contribution < 1.29 is 13.9 Å². The van der Waals surface area contributed by atoms with Gasteiger partial charge in [-0.15, -0.1) is 24.0 Å². The highest BCUT2D eigenvalue weighted by atomic mass is 127. The van der Waals surface area contributed by atoms with Crippen LogP contribution in [0.2, 0.25) is 0 Å². The number of aliphatic imine (C=N–C) groups is 1. The molecule has 0 fully saturated rings. The summed E-state index contributed by atoms with van der Waals surface area (Å²) < 4.78 is 16.3. The highest BCUT2D eigenvalue weighted by molar-refractivity contribution is 14.0. The molecule has 0 spiro atoms. The lowest BCUT2D eigenvalue weighted by molar-refractivity contribution is 0.105. The smallest absolute Gasteiger partial charge is 0.213 e. The maximum Gasteiger partial charge on any atom is 0.213 e. The standard InChI is InChI=1S/C19H28N4O3.HI/c1-15(2)26-18-8-7-16(12-22-18)13-23-19(20-3)21-9-5-10-24-14-17-6-4-11-25-17;/h4,6-8,11-12,15H,5,9-10,13-14H2,1-3H3,(H2,20,21,23);1H. The molecule has 2 aromatic heterocycles. The van der Waals surface area contributed by atoms with Gasteiger partial charge in [-0.2, -0.15) is 0 Å². The third-order valence-electron chi connectivity index (χ3n) is 3.42. The summed E-state index contributed by atoms with van der Waals surface area (Å²) in [6.45, 7) is 6.54. The monoisotopic (exact) mass is 488 g/mol. The van der Waals surface area contributed by atoms with E-state index in [4.69, 9.17) is 13.9 Å². The molecule has 0 bridgehead atoms. The Balaban J connectivity index is 0.00000364. The van der Waals surface area contributed by atoms with Gasteiger partial charge in [0, 0.05) is 39.0 Å². The molecule has 2 heterocycles. The van der Waals surface area contributed by atoms with Gasteiger partial charge in [-0.1, -0.05) is 6.07 Å². The minimum absolute atomic E-state index is 0. The lowest BCUT2D eigenvalue weighted by Crippen LogP contribution is -2.37. The molecular formula is C19H29IN4O3. The van der Waals surface area contributed by atoms with Crippen LogP contribution in [0.1, 0.15) is 31.6 Å². The van der Waals surface area contributed by atoms with Gasteiger partial charge in [0.1, 0.15) is 12.4 Å². The average molecular weight is 488 g/mol. The summed E-state index contributed by atoms with van der Waals surface area (Å²) in [5.41, 5.74) is 1.06. The lowest BCUT2D eigenvalue weighted by atomic mass is 10.3. The summed E-state index contributed by atoms with van der Waals surface area (Å²) in [4.78, 5) is 8.50. The number of aromatic nitrogens is 1. The van der Waals surface area contributed by atoms with E-state index >= 15 is 0 Å². The molecule has 0 saturated carbocycles. The first-order chi connectivity index (χ1) is 12.7. The van der Waals surface area contributed by atoms with E-state index in [9.17, 15) is 0 Å². The Morgan fingerprint density at radius 3 is 2.74 bits per heavy atom. The van der Waals surface area contributed by atoms with Gasteiger partial charge in [0.15, 0.2) is 5.96 Å². The van der Waals surface area contributed by atoms with Gasteiger partial charge in [0.05, 0.1) is 12.4 Å². The lowest BCUT2D eigenvalue weighted by Gasteiger charge is -2.12. The molecule has 7 nitrogen and oxygen atoms in total. The summed E-state index contributed by atoms with van der Waals surface area (Å²) in [5.74, 6) is 2.23. The second-order valence-corrected chi connectivity index (χ2v) is 6.01. The summed E-state index contributed by atoms with van der Waals surface area (Å²) in [5, 5.41) is 6.52. The van der Waals surface area contributed by atoms with Crippen molar-refractivity contribution in [1.29, 1.82) is 0 Å². The van der Waals surface area contributed by atoms with Crippen LogP contribution in [0, 0.1) is 0 Å². The number of rotatable bonds is 10. The number of hydrogen-bond donors (Lipinski definition) is 2. The Morgan fingerprint density at radius 2 is 2.11 bits per heavy atom. The van der Waals surface area contributed by atoms with E-state index in [0.717, 1.165) is 30.2 Å². The van der Waals surface area contributed by atoms with Crippen LogP contribution in [-0.4, -0.2) is 37.2 Å². The van der Waals surface area contributed by atoms with Crippen LogP contribution in [-0.2, 0) is 17.9 Å². The Hall–Kier alpha value is -1.81. The van der Waals surface area contributed by atoms with Crippen molar-refractivity contribution in [3.05, 3.63) is 48.0 Å². The molecule has 150 valence electrons. The van der Waals surface area contributed by atoms with E-state index in [1.54, 1.807) is 19.5 Å². The second kappa shape index (κ2) is 13.4. The first-order valence-corrected chi connectivity index (χ1v) is 8.83. The predicted octanol–water partition coefficient (Wildman–Crippen LogP) is 3.35. The zero-order valence-electron chi connectivity index (χ0n) is 16.1. The van der Waals surface area contributed by atoms with E-state index in [1.165, 1.54) is 0 Å². The first kappa shape index (κ1) is 23.2. The molecule has 0 amide bonds. The number of halogens is 1. The SMILES string of the molecule is CN=C(NCCCOCc1ccco1)NCc1ccc(OC(C)C)nc1.I. The third kappa shape index (κ3) is 9.62. The summed E-state index contributed by atoms with van der Waals surface area (Å²) >= 11 is 0. The van der Waals surface area contributed by atoms with Gasteiger partial charge in [0.2, 0.25) is 5.88 Å². The third-order valence-corrected chi connectivity index (χ3v) is 3.42. The van der Waals surface area contributed by atoms with Crippen LogP contribution >= 0.6 is 24.0 Å². The molecule has 2 N–H and O–H groups in total. The zero-order valence-corrected chi connectivity index (χ0v) is 18.4. The van der Waals surface area contributed by atoms with Crippen LogP contribution in [0.5, 0.6) is 5.88 Å². The molecule has 27 heavy (non-hydrogen) atoms. The number of nitrogens with zero attached hydrogens (tertiary/aromatic N) is 2. The number of hydrogen-bond acceptors (Lipinski definition) is 5. The first-order valence-electron chi connectivity index (χ1n) is 8.83. The van der Waals surface area contributed by atoms with Crippen LogP contribution in [0.3, 0.4) is 0 Å². The van der Waals surface area contributed by atoms with Crippen molar-refractivity contribution >= 4 is 29.9 Å². The van der Waals surface area contributed by atoms with E-state index in [0.29, 0.717) is 25.6 Å². The molecular weight excluding hydrogens is 459 g/mol. The highest BCUT2D eigenvalue weighted by Gasteiger charge is 2.02. The summed E-state index contributed by atoms with van der Waals surface area (Å²) in [6.07, 6.45) is 4.46. The normalized spacial score (nSPS) is 11.2. The molecule has 0 unspecified atom stereocenters. The largest absolute Gasteiger partial charge is 0.475 e.